The van der Waals surface area contributed by atoms with Gasteiger partial charge in [0.2, 0.25) is 15.7 Å². The van der Waals surface area contributed by atoms with E-state index in [9.17, 15) is 12.8 Å². The Hall–Kier alpha value is -1.67. The van der Waals surface area contributed by atoms with Crippen molar-refractivity contribution in [1.29, 1.82) is 0 Å². The van der Waals surface area contributed by atoms with Gasteiger partial charge in [-0.2, -0.15) is 0 Å². The van der Waals surface area contributed by atoms with Gasteiger partial charge >= 0.3 is 0 Å². The lowest BCUT2D eigenvalue weighted by Crippen LogP contribution is -2.28. The molecule has 0 saturated carbocycles. The number of nitrogens with zero attached hydrogens (tertiary/aromatic N) is 2. The van der Waals surface area contributed by atoms with Gasteiger partial charge in [0.25, 0.3) is 0 Å². The maximum absolute atomic E-state index is 13.1. The number of oxime groups is 1. The highest BCUT2D eigenvalue weighted by molar-refractivity contribution is 8.05. The molecule has 1 aliphatic heterocycles. The van der Waals surface area contributed by atoms with Crippen molar-refractivity contribution in [1.82, 2.24) is 4.98 Å². The minimum atomic E-state index is -3.74. The van der Waals surface area contributed by atoms with Gasteiger partial charge in [0.15, 0.2) is 16.2 Å². The van der Waals surface area contributed by atoms with Gasteiger partial charge in [-0.3, -0.25) is 0 Å². The van der Waals surface area contributed by atoms with E-state index in [4.69, 9.17) is 20.9 Å². The molecule has 1 aromatic heterocycles. The molecule has 0 aliphatic carbocycles. The number of alkyl halides is 1. The molecule has 2 heterocycles. The number of hydrogen-bond donors (Lipinski definition) is 0. The Morgan fingerprint density at radius 1 is 1.45 bits per heavy atom. The minimum absolute atomic E-state index is 0.0252. The first-order chi connectivity index (χ1) is 10.3. The van der Waals surface area contributed by atoms with Gasteiger partial charge in [0, 0.05) is 12.5 Å². The number of fused-ring (bicyclic) bond motifs is 1. The van der Waals surface area contributed by atoms with Crippen molar-refractivity contribution in [3.63, 3.8) is 0 Å². The summed E-state index contributed by atoms with van der Waals surface area (Å²) in [6, 6.07) is 3.80. The fourth-order valence-electron chi connectivity index (χ4n) is 2.04. The molecule has 1 atom stereocenters. The number of halogens is 2. The van der Waals surface area contributed by atoms with Crippen LogP contribution in [-0.4, -0.2) is 29.9 Å². The molecule has 3 rings (SSSR count). The van der Waals surface area contributed by atoms with Crippen molar-refractivity contribution in [2.75, 3.05) is 5.88 Å². The summed E-state index contributed by atoms with van der Waals surface area (Å²) in [7, 11) is -3.74. The largest absolute Gasteiger partial charge is 0.439 e. The van der Waals surface area contributed by atoms with E-state index >= 15 is 0 Å². The summed E-state index contributed by atoms with van der Waals surface area (Å²) in [5, 5.41) is 3.52. The van der Waals surface area contributed by atoms with E-state index in [1.807, 2.05) is 0 Å². The monoisotopic (exact) mass is 346 g/mol. The first-order valence-electron chi connectivity index (χ1n) is 6.40. The number of aromatic nitrogens is 1. The van der Waals surface area contributed by atoms with Gasteiger partial charge in [-0.1, -0.05) is 5.16 Å². The number of sulfone groups is 1. The second-order valence-corrected chi connectivity index (χ2v) is 7.57. The number of benzene rings is 1. The highest BCUT2D eigenvalue weighted by Crippen LogP contribution is 2.28. The quantitative estimate of drug-likeness (QED) is 0.798. The average Bonchev–Trinajstić information content (AvgIpc) is 3.02. The minimum Gasteiger partial charge on any atom is -0.439 e. The molecule has 1 aromatic carbocycles. The van der Waals surface area contributed by atoms with E-state index < -0.39 is 27.0 Å². The van der Waals surface area contributed by atoms with Crippen molar-refractivity contribution in [3.05, 3.63) is 29.9 Å². The second kappa shape index (κ2) is 5.20. The molecule has 22 heavy (non-hydrogen) atoms. The Bertz CT molecular complexity index is 864. The predicted molar refractivity (Wildman–Crippen MR) is 78.9 cm³/mol. The van der Waals surface area contributed by atoms with Gasteiger partial charge in [0.1, 0.15) is 17.1 Å². The van der Waals surface area contributed by atoms with E-state index in [0.717, 1.165) is 6.07 Å². The standard InChI is InChI=1S/C13H12ClFN2O4S/c1-13(7-14)5-12(17-21-13)22(18,19)6-11-16-9-3-2-8(15)4-10(9)20-11/h2-4H,5-7H2,1H3. The van der Waals surface area contributed by atoms with E-state index in [0.29, 0.717) is 5.52 Å². The first-order valence-corrected chi connectivity index (χ1v) is 8.59. The zero-order valence-electron chi connectivity index (χ0n) is 11.5. The zero-order chi connectivity index (χ0) is 16.0. The summed E-state index contributed by atoms with van der Waals surface area (Å²) in [4.78, 5) is 9.11. The second-order valence-electron chi connectivity index (χ2n) is 5.32. The van der Waals surface area contributed by atoms with Gasteiger partial charge in [-0.25, -0.2) is 17.8 Å². The molecule has 0 amide bonds. The molecule has 0 bridgehead atoms. The Labute approximate surface area is 130 Å². The lowest BCUT2D eigenvalue weighted by atomic mass is 10.1. The molecule has 0 N–H and O–H groups in total. The van der Waals surface area contributed by atoms with Gasteiger partial charge in [0.05, 0.1) is 5.88 Å². The van der Waals surface area contributed by atoms with Crippen LogP contribution in [0, 0.1) is 5.82 Å². The summed E-state index contributed by atoms with van der Waals surface area (Å²) < 4.78 is 43.0. The van der Waals surface area contributed by atoms with Crippen LogP contribution in [0.2, 0.25) is 0 Å². The normalized spacial score (nSPS) is 21.9. The van der Waals surface area contributed by atoms with Crippen LogP contribution < -0.4 is 0 Å². The van der Waals surface area contributed by atoms with Crippen molar-refractivity contribution >= 4 is 37.6 Å². The molecule has 118 valence electrons. The third-order valence-electron chi connectivity index (χ3n) is 3.24. The highest BCUT2D eigenvalue weighted by atomic mass is 35.5. The third kappa shape index (κ3) is 2.80. The molecular weight excluding hydrogens is 335 g/mol. The van der Waals surface area contributed by atoms with Crippen molar-refractivity contribution in [3.8, 4) is 0 Å². The summed E-state index contributed by atoms with van der Waals surface area (Å²) in [5.74, 6) is -0.853. The topological polar surface area (TPSA) is 81.8 Å². The molecule has 2 aromatic rings. The van der Waals surface area contributed by atoms with Crippen LogP contribution in [0.4, 0.5) is 4.39 Å². The Balaban J connectivity index is 1.85. The lowest BCUT2D eigenvalue weighted by Gasteiger charge is -2.16. The van der Waals surface area contributed by atoms with Crippen LogP contribution in [0.3, 0.4) is 0 Å². The van der Waals surface area contributed by atoms with Crippen molar-refractivity contribution in [2.24, 2.45) is 5.16 Å². The maximum Gasteiger partial charge on any atom is 0.211 e. The van der Waals surface area contributed by atoms with Gasteiger partial charge in [-0.15, -0.1) is 11.6 Å². The number of oxazole rings is 1. The molecular formula is C13H12ClFN2O4S. The summed E-state index contributed by atoms with van der Waals surface area (Å²) >= 11 is 5.73. The van der Waals surface area contributed by atoms with Crippen LogP contribution in [-0.2, 0) is 20.4 Å². The van der Waals surface area contributed by atoms with Crippen LogP contribution in [0.1, 0.15) is 19.2 Å². The summed E-state index contributed by atoms with van der Waals surface area (Å²) in [5.41, 5.74) is -0.240. The molecule has 0 saturated heterocycles. The molecule has 9 heteroatoms. The van der Waals surface area contributed by atoms with Crippen molar-refractivity contribution in [2.45, 2.75) is 24.7 Å². The first kappa shape index (κ1) is 15.2. The van der Waals surface area contributed by atoms with Gasteiger partial charge < -0.3 is 9.25 Å². The van der Waals surface area contributed by atoms with Crippen LogP contribution in [0.15, 0.2) is 27.8 Å². The fourth-order valence-corrected chi connectivity index (χ4v) is 3.47. The smallest absolute Gasteiger partial charge is 0.211 e. The zero-order valence-corrected chi connectivity index (χ0v) is 13.1. The Kier molecular flexibility index (Phi) is 3.60. The maximum atomic E-state index is 13.1. The summed E-state index contributed by atoms with van der Waals surface area (Å²) in [6.45, 7) is 1.67. The Morgan fingerprint density at radius 2 is 2.23 bits per heavy atom. The average molecular weight is 347 g/mol. The predicted octanol–water partition coefficient (Wildman–Crippen LogP) is 2.61. The number of rotatable bonds is 3. The summed E-state index contributed by atoms with van der Waals surface area (Å²) in [6.07, 6.45) is 0.0910. The van der Waals surface area contributed by atoms with E-state index in [2.05, 4.69) is 10.1 Å². The molecule has 1 unspecified atom stereocenters. The molecule has 0 spiro atoms. The third-order valence-corrected chi connectivity index (χ3v) is 5.37. The molecule has 0 radical (unpaired) electrons. The molecule has 1 aliphatic rings. The lowest BCUT2D eigenvalue weighted by molar-refractivity contribution is 0.0152. The van der Waals surface area contributed by atoms with E-state index in [1.165, 1.54) is 12.1 Å². The van der Waals surface area contributed by atoms with Crippen molar-refractivity contribution < 1.29 is 22.1 Å². The Morgan fingerprint density at radius 3 is 2.91 bits per heavy atom. The SMILES string of the molecule is CC1(CCl)CC(S(=O)(=O)Cc2nc3ccc(F)cc3o2)=NO1. The van der Waals surface area contributed by atoms with Gasteiger partial charge in [-0.05, 0) is 19.1 Å². The highest BCUT2D eigenvalue weighted by Gasteiger charge is 2.39. The van der Waals surface area contributed by atoms with Crippen LogP contribution in [0.25, 0.3) is 11.1 Å². The van der Waals surface area contributed by atoms with E-state index in [1.54, 1.807) is 6.92 Å². The van der Waals surface area contributed by atoms with Crippen LogP contribution >= 0.6 is 11.6 Å². The fraction of sp³-hybridized carbons (Fsp3) is 0.385. The number of hydrogen-bond acceptors (Lipinski definition) is 6. The molecule has 0 fully saturated rings. The molecule has 6 nitrogen and oxygen atoms in total. The van der Waals surface area contributed by atoms with Crippen LogP contribution in [0.5, 0.6) is 0 Å². The van der Waals surface area contributed by atoms with E-state index in [-0.39, 0.29) is 28.8 Å².